The lowest BCUT2D eigenvalue weighted by Crippen LogP contribution is -2.45. The molecular formula is C16H25N3O. The van der Waals surface area contributed by atoms with E-state index < -0.39 is 6.04 Å². The first-order valence-corrected chi connectivity index (χ1v) is 7.27. The fraction of sp³-hybridized carbons (Fsp3) is 0.562. The van der Waals surface area contributed by atoms with Crippen molar-refractivity contribution >= 4 is 5.91 Å². The number of carbonyl (C=O) groups excluding carboxylic acids is 1. The molecule has 1 atom stereocenters. The minimum Gasteiger partial charge on any atom is -0.354 e. The van der Waals surface area contributed by atoms with E-state index in [1.165, 1.54) is 0 Å². The molecule has 0 bridgehead atoms. The van der Waals surface area contributed by atoms with Gasteiger partial charge in [0.05, 0.1) is 0 Å². The molecular weight excluding hydrogens is 250 g/mol. The van der Waals surface area contributed by atoms with Crippen molar-refractivity contribution in [2.45, 2.75) is 25.8 Å². The van der Waals surface area contributed by atoms with Gasteiger partial charge < -0.3 is 16.0 Å². The van der Waals surface area contributed by atoms with Crippen molar-refractivity contribution in [1.29, 1.82) is 0 Å². The Kier molecular flexibility index (Phi) is 4.78. The minimum atomic E-state index is -0.578. The first-order valence-electron chi connectivity index (χ1n) is 7.27. The van der Waals surface area contributed by atoms with Gasteiger partial charge in [-0.25, -0.2) is 0 Å². The van der Waals surface area contributed by atoms with Gasteiger partial charge in [0.25, 0.3) is 0 Å². The van der Waals surface area contributed by atoms with Crippen molar-refractivity contribution in [3.05, 3.63) is 35.9 Å². The number of likely N-dealkylation sites (tertiary alicyclic amines) is 1. The zero-order chi connectivity index (χ0) is 14.6. The second-order valence-corrected chi connectivity index (χ2v) is 6.22. The number of rotatable bonds is 4. The van der Waals surface area contributed by atoms with Crippen LogP contribution in [0.1, 0.15) is 31.4 Å². The normalized spacial score (nSPS) is 20.4. The molecule has 20 heavy (non-hydrogen) atoms. The van der Waals surface area contributed by atoms with E-state index in [4.69, 9.17) is 5.73 Å². The summed E-state index contributed by atoms with van der Waals surface area (Å²) in [6.07, 6.45) is 2.23. The topological polar surface area (TPSA) is 58.4 Å². The van der Waals surface area contributed by atoms with Gasteiger partial charge in [-0.1, -0.05) is 37.3 Å². The van der Waals surface area contributed by atoms with Gasteiger partial charge in [0.2, 0.25) is 5.91 Å². The van der Waals surface area contributed by atoms with Crippen LogP contribution in [0.25, 0.3) is 0 Å². The van der Waals surface area contributed by atoms with Crippen LogP contribution >= 0.6 is 0 Å². The molecule has 1 aromatic rings. The average Bonchev–Trinajstić information content (AvgIpc) is 2.48. The Balaban J connectivity index is 1.86. The number of piperidine rings is 1. The summed E-state index contributed by atoms with van der Waals surface area (Å²) >= 11 is 0. The molecule has 4 nitrogen and oxygen atoms in total. The van der Waals surface area contributed by atoms with E-state index in [0.29, 0.717) is 6.54 Å². The highest BCUT2D eigenvalue weighted by molar-refractivity contribution is 5.82. The van der Waals surface area contributed by atoms with Crippen LogP contribution in [0.2, 0.25) is 0 Å². The lowest BCUT2D eigenvalue weighted by Gasteiger charge is -2.38. The molecule has 0 unspecified atom stereocenters. The number of nitrogens with zero attached hydrogens (tertiary/aromatic N) is 1. The van der Waals surface area contributed by atoms with E-state index in [-0.39, 0.29) is 11.3 Å². The molecule has 0 saturated carbocycles. The summed E-state index contributed by atoms with van der Waals surface area (Å²) < 4.78 is 0. The third kappa shape index (κ3) is 3.81. The summed E-state index contributed by atoms with van der Waals surface area (Å²) in [6.45, 7) is 5.14. The monoisotopic (exact) mass is 275 g/mol. The molecule has 1 aliphatic heterocycles. The van der Waals surface area contributed by atoms with E-state index in [9.17, 15) is 4.79 Å². The van der Waals surface area contributed by atoms with Gasteiger partial charge >= 0.3 is 0 Å². The molecule has 1 saturated heterocycles. The summed E-state index contributed by atoms with van der Waals surface area (Å²) in [5.41, 5.74) is 7.05. The fourth-order valence-corrected chi connectivity index (χ4v) is 2.56. The number of hydrogen-bond acceptors (Lipinski definition) is 3. The highest BCUT2D eigenvalue weighted by atomic mass is 16.2. The molecule has 0 spiro atoms. The maximum atomic E-state index is 12.1. The van der Waals surface area contributed by atoms with Gasteiger partial charge in [0, 0.05) is 6.54 Å². The molecule has 3 N–H and O–H groups in total. The van der Waals surface area contributed by atoms with Gasteiger partial charge in [-0.2, -0.15) is 0 Å². The van der Waals surface area contributed by atoms with Crippen molar-refractivity contribution in [2.75, 3.05) is 26.7 Å². The van der Waals surface area contributed by atoms with Gasteiger partial charge in [-0.05, 0) is 44.0 Å². The molecule has 1 amide bonds. The average molecular weight is 275 g/mol. The van der Waals surface area contributed by atoms with Crippen LogP contribution in [-0.2, 0) is 4.79 Å². The first kappa shape index (κ1) is 15.0. The molecule has 1 aliphatic rings. The van der Waals surface area contributed by atoms with E-state index in [2.05, 4.69) is 24.2 Å². The van der Waals surface area contributed by atoms with E-state index >= 15 is 0 Å². The molecule has 0 radical (unpaired) electrons. The van der Waals surface area contributed by atoms with Crippen LogP contribution in [0.15, 0.2) is 30.3 Å². The largest absolute Gasteiger partial charge is 0.354 e. The Morgan fingerprint density at radius 3 is 2.55 bits per heavy atom. The third-order valence-electron chi connectivity index (χ3n) is 4.32. The number of hydrogen-bond donors (Lipinski definition) is 2. The Morgan fingerprint density at radius 1 is 1.35 bits per heavy atom. The second kappa shape index (κ2) is 6.37. The van der Waals surface area contributed by atoms with E-state index in [1.54, 1.807) is 0 Å². The SMILES string of the molecule is CN1CCC(C)(CNC(=O)[C@@H](N)c2ccccc2)CC1. The molecule has 0 aliphatic carbocycles. The summed E-state index contributed by atoms with van der Waals surface area (Å²) in [6, 6.07) is 8.93. The van der Waals surface area contributed by atoms with Gasteiger partial charge in [0.15, 0.2) is 0 Å². The number of carbonyl (C=O) groups is 1. The van der Waals surface area contributed by atoms with Crippen LogP contribution < -0.4 is 11.1 Å². The second-order valence-electron chi connectivity index (χ2n) is 6.22. The molecule has 2 rings (SSSR count). The van der Waals surface area contributed by atoms with Crippen molar-refractivity contribution in [3.63, 3.8) is 0 Å². The summed E-state index contributed by atoms with van der Waals surface area (Å²) in [4.78, 5) is 14.5. The quantitative estimate of drug-likeness (QED) is 0.876. The predicted octanol–water partition coefficient (Wildman–Crippen LogP) is 1.53. The van der Waals surface area contributed by atoms with Gasteiger partial charge in [-0.15, -0.1) is 0 Å². The van der Waals surface area contributed by atoms with Crippen LogP contribution in [0.3, 0.4) is 0 Å². The molecule has 0 aromatic heterocycles. The molecule has 4 heteroatoms. The number of nitrogens with two attached hydrogens (primary N) is 1. The molecule has 1 aromatic carbocycles. The highest BCUT2D eigenvalue weighted by Crippen LogP contribution is 2.29. The first-order chi connectivity index (χ1) is 9.50. The maximum Gasteiger partial charge on any atom is 0.241 e. The summed E-state index contributed by atoms with van der Waals surface area (Å²) in [5, 5.41) is 3.02. The lowest BCUT2D eigenvalue weighted by atomic mass is 9.80. The van der Waals surface area contributed by atoms with Crippen LogP contribution in [0.5, 0.6) is 0 Å². The van der Waals surface area contributed by atoms with Gasteiger partial charge in [0.1, 0.15) is 6.04 Å². The number of benzene rings is 1. The third-order valence-corrected chi connectivity index (χ3v) is 4.32. The Labute approximate surface area is 121 Å². The molecule has 1 fully saturated rings. The minimum absolute atomic E-state index is 0.0867. The zero-order valence-electron chi connectivity index (χ0n) is 12.4. The maximum absolute atomic E-state index is 12.1. The van der Waals surface area contributed by atoms with Crippen LogP contribution in [0.4, 0.5) is 0 Å². The van der Waals surface area contributed by atoms with E-state index in [1.807, 2.05) is 30.3 Å². The van der Waals surface area contributed by atoms with Crippen molar-refractivity contribution in [2.24, 2.45) is 11.1 Å². The smallest absolute Gasteiger partial charge is 0.241 e. The van der Waals surface area contributed by atoms with Crippen molar-refractivity contribution < 1.29 is 4.79 Å². The zero-order valence-corrected chi connectivity index (χ0v) is 12.4. The predicted molar refractivity (Wildman–Crippen MR) is 81.2 cm³/mol. The fourth-order valence-electron chi connectivity index (χ4n) is 2.56. The molecule has 1 heterocycles. The summed E-state index contributed by atoms with van der Waals surface area (Å²) in [5.74, 6) is -0.0867. The van der Waals surface area contributed by atoms with E-state index in [0.717, 1.165) is 31.5 Å². The van der Waals surface area contributed by atoms with Crippen molar-refractivity contribution in [1.82, 2.24) is 10.2 Å². The Morgan fingerprint density at radius 2 is 1.95 bits per heavy atom. The summed E-state index contributed by atoms with van der Waals surface area (Å²) in [7, 11) is 2.14. The van der Waals surface area contributed by atoms with Crippen molar-refractivity contribution in [3.8, 4) is 0 Å². The standard InChI is InChI=1S/C16H25N3O/c1-16(8-10-19(2)11-9-16)12-18-15(20)14(17)13-6-4-3-5-7-13/h3-7,14H,8-12,17H2,1-2H3,(H,18,20)/t14-/m0/s1. The molecule has 110 valence electrons. The number of amides is 1. The van der Waals surface area contributed by atoms with Crippen LogP contribution in [-0.4, -0.2) is 37.5 Å². The highest BCUT2D eigenvalue weighted by Gasteiger charge is 2.29. The Bertz CT molecular complexity index is 438. The lowest BCUT2D eigenvalue weighted by molar-refractivity contribution is -0.123. The van der Waals surface area contributed by atoms with Gasteiger partial charge in [-0.3, -0.25) is 4.79 Å². The number of nitrogens with one attached hydrogen (secondary N) is 1. The Hall–Kier alpha value is -1.39. The van der Waals surface area contributed by atoms with Crippen LogP contribution in [0, 0.1) is 5.41 Å².